The van der Waals surface area contributed by atoms with Gasteiger partial charge in [0.1, 0.15) is 0 Å². The Morgan fingerprint density at radius 1 is 1.27 bits per heavy atom. The van der Waals surface area contributed by atoms with Crippen LogP contribution in [0.4, 0.5) is 0 Å². The van der Waals surface area contributed by atoms with Crippen molar-refractivity contribution in [3.05, 3.63) is 0 Å². The monoisotopic (exact) mass is 179 g/mol. The Morgan fingerprint density at radius 2 is 1.91 bits per heavy atom. The molecular formula is C7H14ClNO2. The summed E-state index contributed by atoms with van der Waals surface area (Å²) in [5.41, 5.74) is -0.464. The Morgan fingerprint density at radius 3 is 2.27 bits per heavy atom. The van der Waals surface area contributed by atoms with Crippen LogP contribution in [-0.4, -0.2) is 35.5 Å². The fraction of sp³-hybridized carbons (Fsp3) is 1.00. The van der Waals surface area contributed by atoms with Crippen molar-refractivity contribution in [2.24, 2.45) is 5.41 Å². The molecule has 66 valence electrons. The summed E-state index contributed by atoms with van der Waals surface area (Å²) in [6.07, 6.45) is 1.56. The Hall–Kier alpha value is 0.170. The molecule has 1 saturated carbocycles. The smallest absolute Gasteiger partial charge is 0.0784 e. The van der Waals surface area contributed by atoms with Crippen LogP contribution in [0.5, 0.6) is 0 Å². The molecule has 0 radical (unpaired) electrons. The van der Waals surface area contributed by atoms with Crippen LogP contribution in [0.15, 0.2) is 0 Å². The fourth-order valence-corrected chi connectivity index (χ4v) is 2.32. The van der Waals surface area contributed by atoms with E-state index in [0.717, 1.165) is 19.4 Å². The van der Waals surface area contributed by atoms with Gasteiger partial charge in [0.05, 0.1) is 12.2 Å². The van der Waals surface area contributed by atoms with E-state index in [0.29, 0.717) is 6.54 Å². The Kier molecular flexibility index (Phi) is 2.18. The lowest BCUT2D eigenvalue weighted by molar-refractivity contribution is -0.167. The second-order valence-electron chi connectivity index (χ2n) is 3.84. The lowest BCUT2D eigenvalue weighted by Crippen LogP contribution is -2.67. The number of piperidine rings is 2. The maximum Gasteiger partial charge on any atom is 0.0784 e. The molecule has 3 fully saturated rings. The molecule has 0 amide bonds. The quantitative estimate of drug-likeness (QED) is 0.510. The highest BCUT2D eigenvalue weighted by atomic mass is 35.5. The van der Waals surface area contributed by atoms with Crippen molar-refractivity contribution >= 4 is 12.4 Å². The summed E-state index contributed by atoms with van der Waals surface area (Å²) in [5.74, 6) is 0. The van der Waals surface area contributed by atoms with Crippen LogP contribution < -0.4 is 5.32 Å². The molecule has 0 aromatic heterocycles. The van der Waals surface area contributed by atoms with E-state index in [4.69, 9.17) is 5.11 Å². The average Bonchev–Trinajstić information content (AvgIpc) is 1.86. The minimum atomic E-state index is -0.485. The molecule has 3 nitrogen and oxygen atoms in total. The van der Waals surface area contributed by atoms with Gasteiger partial charge in [0, 0.05) is 18.5 Å². The van der Waals surface area contributed by atoms with Gasteiger partial charge in [0.15, 0.2) is 0 Å². The fourth-order valence-electron chi connectivity index (χ4n) is 2.32. The van der Waals surface area contributed by atoms with Crippen molar-refractivity contribution in [1.29, 1.82) is 0 Å². The minimum absolute atomic E-state index is 0. The van der Waals surface area contributed by atoms with E-state index in [1.54, 1.807) is 0 Å². The summed E-state index contributed by atoms with van der Waals surface area (Å²) in [6, 6.07) is 0. The number of nitrogens with one attached hydrogen (secondary N) is 1. The SMILES string of the molecule is Cl.OCC12CNCC(O)(C1)C2. The summed E-state index contributed by atoms with van der Waals surface area (Å²) < 4.78 is 0. The Balaban J connectivity index is 0.000000605. The summed E-state index contributed by atoms with van der Waals surface area (Å²) in [5, 5.41) is 21.6. The van der Waals surface area contributed by atoms with E-state index in [-0.39, 0.29) is 24.4 Å². The number of aliphatic hydroxyl groups excluding tert-OH is 1. The zero-order valence-corrected chi connectivity index (χ0v) is 7.15. The van der Waals surface area contributed by atoms with E-state index in [1.807, 2.05) is 0 Å². The highest BCUT2D eigenvalue weighted by Gasteiger charge is 2.56. The zero-order chi connectivity index (χ0) is 7.24. The van der Waals surface area contributed by atoms with Crippen LogP contribution in [0.3, 0.4) is 0 Å². The van der Waals surface area contributed by atoms with E-state index >= 15 is 0 Å². The second-order valence-corrected chi connectivity index (χ2v) is 3.84. The van der Waals surface area contributed by atoms with Gasteiger partial charge in [0.25, 0.3) is 0 Å². The number of rotatable bonds is 1. The van der Waals surface area contributed by atoms with Gasteiger partial charge in [-0.15, -0.1) is 12.4 Å². The minimum Gasteiger partial charge on any atom is -0.396 e. The standard InChI is InChI=1S/C7H13NO2.ClH/c9-5-6-1-7(10,2-6)4-8-3-6;/h8-10H,1-5H2;1H. The van der Waals surface area contributed by atoms with Crippen LogP contribution >= 0.6 is 12.4 Å². The lowest BCUT2D eigenvalue weighted by Gasteiger charge is -2.57. The van der Waals surface area contributed by atoms with Crippen molar-refractivity contribution in [3.8, 4) is 0 Å². The molecule has 1 aliphatic carbocycles. The van der Waals surface area contributed by atoms with Gasteiger partial charge in [-0.05, 0) is 12.8 Å². The molecule has 0 aromatic rings. The number of halogens is 1. The van der Waals surface area contributed by atoms with Gasteiger partial charge in [-0.2, -0.15) is 0 Å². The van der Waals surface area contributed by atoms with Crippen molar-refractivity contribution in [1.82, 2.24) is 5.32 Å². The zero-order valence-electron chi connectivity index (χ0n) is 6.34. The first-order chi connectivity index (χ1) is 4.68. The van der Waals surface area contributed by atoms with Crippen molar-refractivity contribution in [3.63, 3.8) is 0 Å². The third-order valence-corrected chi connectivity index (χ3v) is 2.70. The van der Waals surface area contributed by atoms with Crippen LogP contribution in [-0.2, 0) is 0 Å². The van der Waals surface area contributed by atoms with Crippen molar-refractivity contribution in [2.75, 3.05) is 19.7 Å². The first-order valence-corrected chi connectivity index (χ1v) is 3.72. The summed E-state index contributed by atoms with van der Waals surface area (Å²) in [4.78, 5) is 0. The maximum absolute atomic E-state index is 9.56. The van der Waals surface area contributed by atoms with Gasteiger partial charge in [-0.3, -0.25) is 0 Å². The molecule has 2 heterocycles. The summed E-state index contributed by atoms with van der Waals surface area (Å²) in [7, 11) is 0. The molecule has 0 atom stereocenters. The summed E-state index contributed by atoms with van der Waals surface area (Å²) in [6.45, 7) is 1.78. The predicted molar refractivity (Wildman–Crippen MR) is 43.8 cm³/mol. The van der Waals surface area contributed by atoms with Gasteiger partial charge in [-0.25, -0.2) is 0 Å². The third-order valence-electron chi connectivity index (χ3n) is 2.70. The maximum atomic E-state index is 9.56. The van der Waals surface area contributed by atoms with Crippen molar-refractivity contribution < 1.29 is 10.2 Å². The third kappa shape index (κ3) is 1.26. The molecule has 4 heteroatoms. The summed E-state index contributed by atoms with van der Waals surface area (Å²) >= 11 is 0. The molecule has 3 N–H and O–H groups in total. The molecule has 2 bridgehead atoms. The number of hydrogen-bond donors (Lipinski definition) is 3. The van der Waals surface area contributed by atoms with E-state index in [1.165, 1.54) is 0 Å². The first-order valence-electron chi connectivity index (χ1n) is 3.72. The first kappa shape index (κ1) is 9.26. The van der Waals surface area contributed by atoms with Gasteiger partial charge in [0.2, 0.25) is 0 Å². The molecule has 3 rings (SSSR count). The highest BCUT2D eigenvalue weighted by molar-refractivity contribution is 5.85. The van der Waals surface area contributed by atoms with Crippen LogP contribution in [0.2, 0.25) is 0 Å². The number of aliphatic hydroxyl groups is 2. The topological polar surface area (TPSA) is 52.5 Å². The molecule has 0 spiro atoms. The number of hydrogen-bond acceptors (Lipinski definition) is 3. The predicted octanol–water partition coefficient (Wildman–Crippen LogP) is -0.485. The van der Waals surface area contributed by atoms with E-state index in [9.17, 15) is 5.11 Å². The van der Waals surface area contributed by atoms with E-state index < -0.39 is 5.60 Å². The molecule has 3 aliphatic rings. The molecule has 2 saturated heterocycles. The second kappa shape index (κ2) is 2.59. The van der Waals surface area contributed by atoms with Gasteiger partial charge < -0.3 is 15.5 Å². The lowest BCUT2D eigenvalue weighted by atomic mass is 9.57. The highest BCUT2D eigenvalue weighted by Crippen LogP contribution is 2.49. The van der Waals surface area contributed by atoms with Gasteiger partial charge in [-0.1, -0.05) is 0 Å². The van der Waals surface area contributed by atoms with Crippen LogP contribution in [0.25, 0.3) is 0 Å². The normalized spacial score (nSPS) is 47.5. The molecule has 0 aromatic carbocycles. The molecular weight excluding hydrogens is 166 g/mol. The Bertz CT molecular complexity index is 157. The van der Waals surface area contributed by atoms with Crippen LogP contribution in [0, 0.1) is 5.41 Å². The van der Waals surface area contributed by atoms with E-state index in [2.05, 4.69) is 5.32 Å². The van der Waals surface area contributed by atoms with Crippen LogP contribution in [0.1, 0.15) is 12.8 Å². The average molecular weight is 180 g/mol. The molecule has 2 aliphatic heterocycles. The number of fused-ring (bicyclic) bond motifs is 2. The largest absolute Gasteiger partial charge is 0.396 e. The Labute approximate surface area is 72.2 Å². The van der Waals surface area contributed by atoms with Gasteiger partial charge >= 0.3 is 0 Å². The van der Waals surface area contributed by atoms with Crippen molar-refractivity contribution in [2.45, 2.75) is 18.4 Å². The molecule has 0 unspecified atom stereocenters. The molecule has 11 heavy (non-hydrogen) atoms.